The third kappa shape index (κ3) is 1.49. The number of fused-ring (bicyclic) bond motifs is 3. The summed E-state index contributed by atoms with van der Waals surface area (Å²) in [6, 6.07) is 10.6. The zero-order valence-corrected chi connectivity index (χ0v) is 8.86. The average molecular weight is 224 g/mol. The Hall–Kier alpha value is -2.54. The van der Waals surface area contributed by atoms with E-state index >= 15 is 0 Å². The summed E-state index contributed by atoms with van der Waals surface area (Å²) < 4.78 is 5.52. The van der Waals surface area contributed by atoms with E-state index in [1.165, 1.54) is 6.07 Å². The second kappa shape index (κ2) is 3.49. The summed E-state index contributed by atoms with van der Waals surface area (Å²) in [4.78, 5) is 14.0. The van der Waals surface area contributed by atoms with E-state index in [9.17, 15) is 4.79 Å². The minimum atomic E-state index is -0.146. The molecule has 1 aliphatic rings. The molecule has 0 unspecified atom stereocenters. The number of nitrogens with one attached hydrogen (secondary N) is 1. The average Bonchev–Trinajstić information content (AvgIpc) is 2.37. The summed E-state index contributed by atoms with van der Waals surface area (Å²) in [5.41, 5.74) is 2.95. The van der Waals surface area contributed by atoms with Crippen molar-refractivity contribution >= 4 is 0 Å². The van der Waals surface area contributed by atoms with E-state index < -0.39 is 0 Å². The fraction of sp³-hybridized carbons (Fsp3) is 0.0769. The Morgan fingerprint density at radius 1 is 1.24 bits per heavy atom. The van der Waals surface area contributed by atoms with Crippen LogP contribution in [0.1, 0.15) is 11.3 Å². The normalized spacial score (nSPS) is 11.9. The lowest BCUT2D eigenvalue weighted by molar-refractivity contribution is 0.297. The molecule has 0 spiro atoms. The van der Waals surface area contributed by atoms with E-state index in [0.29, 0.717) is 12.2 Å². The van der Waals surface area contributed by atoms with Crippen LogP contribution in [-0.4, -0.2) is 4.98 Å². The van der Waals surface area contributed by atoms with Gasteiger partial charge in [0.2, 0.25) is 5.56 Å². The standard InChI is InChI=1S/C13H8N2O2/c14-6-8-1-3-12-10(5-8)9-2-4-13(16)15-11(9)7-17-12/h1-5H,7H2,(H,15,16). The molecule has 1 aromatic carbocycles. The number of nitriles is 1. The molecule has 82 valence electrons. The zero-order valence-electron chi connectivity index (χ0n) is 8.86. The first-order valence-corrected chi connectivity index (χ1v) is 5.17. The Kier molecular flexibility index (Phi) is 1.99. The van der Waals surface area contributed by atoms with Crippen LogP contribution in [0, 0.1) is 11.3 Å². The predicted molar refractivity (Wildman–Crippen MR) is 61.5 cm³/mol. The van der Waals surface area contributed by atoms with Gasteiger partial charge < -0.3 is 9.72 Å². The summed E-state index contributed by atoms with van der Waals surface area (Å²) in [5, 5.41) is 8.88. The van der Waals surface area contributed by atoms with Crippen molar-refractivity contribution in [2.24, 2.45) is 0 Å². The van der Waals surface area contributed by atoms with Gasteiger partial charge in [-0.2, -0.15) is 5.26 Å². The minimum absolute atomic E-state index is 0.146. The molecule has 2 heterocycles. The Bertz CT molecular complexity index is 695. The highest BCUT2D eigenvalue weighted by atomic mass is 16.5. The second-order valence-electron chi connectivity index (χ2n) is 3.83. The molecule has 0 radical (unpaired) electrons. The number of nitrogens with zero attached hydrogens (tertiary/aromatic N) is 1. The van der Waals surface area contributed by atoms with Gasteiger partial charge in [-0.15, -0.1) is 0 Å². The highest BCUT2D eigenvalue weighted by molar-refractivity contribution is 5.75. The van der Waals surface area contributed by atoms with Gasteiger partial charge in [0.05, 0.1) is 17.3 Å². The van der Waals surface area contributed by atoms with Crippen molar-refractivity contribution < 1.29 is 4.74 Å². The maximum absolute atomic E-state index is 11.2. The maximum Gasteiger partial charge on any atom is 0.248 e. The molecule has 0 atom stereocenters. The van der Waals surface area contributed by atoms with Gasteiger partial charge >= 0.3 is 0 Å². The van der Waals surface area contributed by atoms with Crippen LogP contribution in [0.25, 0.3) is 11.1 Å². The third-order valence-electron chi connectivity index (χ3n) is 2.77. The maximum atomic E-state index is 11.2. The number of aromatic nitrogens is 1. The molecule has 4 nitrogen and oxygen atoms in total. The number of hydrogen-bond acceptors (Lipinski definition) is 3. The van der Waals surface area contributed by atoms with Gasteiger partial charge in [0, 0.05) is 17.2 Å². The molecule has 1 aromatic heterocycles. The molecule has 0 saturated heterocycles. The van der Waals surface area contributed by atoms with E-state index in [1.54, 1.807) is 24.3 Å². The van der Waals surface area contributed by atoms with Crippen LogP contribution in [-0.2, 0) is 6.61 Å². The molecule has 3 rings (SSSR count). The molecule has 0 aliphatic carbocycles. The smallest absolute Gasteiger partial charge is 0.248 e. The lowest BCUT2D eigenvalue weighted by Crippen LogP contribution is -2.14. The van der Waals surface area contributed by atoms with E-state index in [2.05, 4.69) is 11.1 Å². The first-order chi connectivity index (χ1) is 8.28. The van der Waals surface area contributed by atoms with Crippen molar-refractivity contribution in [1.29, 1.82) is 5.26 Å². The number of ether oxygens (including phenoxy) is 1. The molecule has 0 fully saturated rings. The van der Waals surface area contributed by atoms with Gasteiger partial charge in [-0.1, -0.05) is 0 Å². The van der Waals surface area contributed by atoms with Crippen LogP contribution in [0.15, 0.2) is 35.1 Å². The van der Waals surface area contributed by atoms with Crippen molar-refractivity contribution in [3.05, 3.63) is 51.9 Å². The number of rotatable bonds is 0. The van der Waals surface area contributed by atoms with Gasteiger partial charge in [0.1, 0.15) is 12.4 Å². The van der Waals surface area contributed by atoms with E-state index in [-0.39, 0.29) is 5.56 Å². The Morgan fingerprint density at radius 2 is 2.12 bits per heavy atom. The molecule has 17 heavy (non-hydrogen) atoms. The van der Waals surface area contributed by atoms with Gasteiger partial charge in [0.15, 0.2) is 0 Å². The summed E-state index contributed by atoms with van der Waals surface area (Å²) in [5.74, 6) is 0.739. The quantitative estimate of drug-likeness (QED) is 0.742. The summed E-state index contributed by atoms with van der Waals surface area (Å²) in [7, 11) is 0. The lowest BCUT2D eigenvalue weighted by Gasteiger charge is -2.20. The predicted octanol–water partition coefficient (Wildman–Crippen LogP) is 1.81. The van der Waals surface area contributed by atoms with Crippen molar-refractivity contribution in [1.82, 2.24) is 4.98 Å². The highest BCUT2D eigenvalue weighted by Crippen LogP contribution is 2.36. The number of H-pyrrole nitrogens is 1. The highest BCUT2D eigenvalue weighted by Gasteiger charge is 2.17. The Labute approximate surface area is 97.1 Å². The third-order valence-corrected chi connectivity index (χ3v) is 2.77. The fourth-order valence-corrected chi connectivity index (χ4v) is 1.97. The molecule has 1 aliphatic heterocycles. The van der Waals surface area contributed by atoms with Crippen LogP contribution in [0.2, 0.25) is 0 Å². The van der Waals surface area contributed by atoms with Gasteiger partial charge in [-0.05, 0) is 24.3 Å². The van der Waals surface area contributed by atoms with E-state index in [1.807, 2.05) is 0 Å². The minimum Gasteiger partial charge on any atom is -0.487 e. The summed E-state index contributed by atoms with van der Waals surface area (Å²) >= 11 is 0. The Morgan fingerprint density at radius 3 is 2.94 bits per heavy atom. The van der Waals surface area contributed by atoms with Gasteiger partial charge in [-0.3, -0.25) is 4.79 Å². The monoisotopic (exact) mass is 224 g/mol. The van der Waals surface area contributed by atoms with Gasteiger partial charge in [-0.25, -0.2) is 0 Å². The van der Waals surface area contributed by atoms with Crippen molar-refractivity contribution in [3.63, 3.8) is 0 Å². The molecule has 1 N–H and O–H groups in total. The molecule has 0 saturated carbocycles. The Balaban J connectivity index is 2.28. The van der Waals surface area contributed by atoms with Crippen LogP contribution in [0.4, 0.5) is 0 Å². The van der Waals surface area contributed by atoms with Crippen molar-refractivity contribution in [2.75, 3.05) is 0 Å². The van der Waals surface area contributed by atoms with Crippen molar-refractivity contribution in [2.45, 2.75) is 6.61 Å². The molecular weight excluding hydrogens is 216 g/mol. The largest absolute Gasteiger partial charge is 0.487 e. The summed E-state index contributed by atoms with van der Waals surface area (Å²) in [6.07, 6.45) is 0. The molecule has 2 aromatic rings. The number of aromatic amines is 1. The zero-order chi connectivity index (χ0) is 11.8. The lowest BCUT2D eigenvalue weighted by atomic mass is 9.99. The van der Waals surface area contributed by atoms with Crippen LogP contribution >= 0.6 is 0 Å². The summed E-state index contributed by atoms with van der Waals surface area (Å²) in [6.45, 7) is 0.352. The molecular formula is C13H8N2O2. The SMILES string of the molecule is N#Cc1ccc2c(c1)-c1ccc(=O)[nH]c1CO2. The topological polar surface area (TPSA) is 65.9 Å². The van der Waals surface area contributed by atoms with E-state index in [4.69, 9.17) is 10.00 Å². The van der Waals surface area contributed by atoms with Gasteiger partial charge in [0.25, 0.3) is 0 Å². The first-order valence-electron chi connectivity index (χ1n) is 5.17. The first kappa shape index (κ1) is 9.67. The number of pyridine rings is 1. The van der Waals surface area contributed by atoms with Crippen LogP contribution in [0.5, 0.6) is 5.75 Å². The second-order valence-corrected chi connectivity index (χ2v) is 3.83. The molecule has 0 amide bonds. The molecule has 0 bridgehead atoms. The van der Waals surface area contributed by atoms with E-state index in [0.717, 1.165) is 22.6 Å². The van der Waals surface area contributed by atoms with Crippen LogP contribution in [0.3, 0.4) is 0 Å². The number of hydrogen-bond donors (Lipinski definition) is 1. The fourth-order valence-electron chi connectivity index (χ4n) is 1.97. The van der Waals surface area contributed by atoms with Crippen molar-refractivity contribution in [3.8, 4) is 22.9 Å². The number of benzene rings is 1. The van der Waals surface area contributed by atoms with Crippen LogP contribution < -0.4 is 10.3 Å². The molecule has 4 heteroatoms.